The molecule has 1 fully saturated rings. The number of halogens is 1. The van der Waals surface area contributed by atoms with Gasteiger partial charge in [0.05, 0.1) is 16.2 Å². The van der Waals surface area contributed by atoms with E-state index in [0.29, 0.717) is 41.7 Å². The number of likely N-dealkylation sites (N-methyl/N-ethyl adjacent to an activating group) is 1. The Bertz CT molecular complexity index is 1330. The molecule has 0 unspecified atom stereocenters. The second-order valence-corrected chi connectivity index (χ2v) is 10.9. The molecule has 3 heterocycles. The van der Waals surface area contributed by atoms with E-state index < -0.39 is 10.0 Å². The number of rotatable bonds is 5. The number of fused-ring (bicyclic) bond motifs is 1. The van der Waals surface area contributed by atoms with Crippen molar-refractivity contribution in [1.82, 2.24) is 19.2 Å². The van der Waals surface area contributed by atoms with Crippen molar-refractivity contribution in [2.75, 3.05) is 44.7 Å². The lowest BCUT2D eigenvalue weighted by atomic mass is 10.1. The molecule has 2 aromatic carbocycles. The number of ether oxygens (including phenoxy) is 1. The molecular formula is C25H28FN5O3S. The van der Waals surface area contributed by atoms with Crippen molar-refractivity contribution in [3.63, 3.8) is 0 Å². The van der Waals surface area contributed by atoms with Crippen LogP contribution in [0.1, 0.15) is 16.8 Å². The van der Waals surface area contributed by atoms with Crippen molar-refractivity contribution in [2.45, 2.75) is 24.8 Å². The van der Waals surface area contributed by atoms with Gasteiger partial charge in [-0.1, -0.05) is 18.2 Å². The molecule has 3 aromatic rings. The maximum atomic E-state index is 13.8. The van der Waals surface area contributed by atoms with Crippen molar-refractivity contribution in [2.24, 2.45) is 0 Å². The minimum atomic E-state index is -3.69. The molecule has 2 aliphatic heterocycles. The molecule has 0 aliphatic carbocycles. The molecule has 0 N–H and O–H groups in total. The Morgan fingerprint density at radius 3 is 2.43 bits per heavy atom. The van der Waals surface area contributed by atoms with Gasteiger partial charge in [-0.05, 0) is 49.9 Å². The zero-order chi connectivity index (χ0) is 24.6. The Hall–Kier alpha value is -3.08. The summed E-state index contributed by atoms with van der Waals surface area (Å²) in [6.45, 7) is 5.47. The fourth-order valence-corrected chi connectivity index (χ4v) is 5.75. The molecule has 0 amide bonds. The highest BCUT2D eigenvalue weighted by Gasteiger charge is 2.32. The average Bonchev–Trinajstić information content (AvgIpc) is 2.87. The van der Waals surface area contributed by atoms with E-state index in [4.69, 9.17) is 14.7 Å². The van der Waals surface area contributed by atoms with E-state index in [1.54, 1.807) is 49.4 Å². The van der Waals surface area contributed by atoms with Gasteiger partial charge >= 0.3 is 0 Å². The number of sulfonamides is 1. The predicted molar refractivity (Wildman–Crippen MR) is 131 cm³/mol. The fraction of sp³-hybridized carbons (Fsp3) is 0.360. The third kappa shape index (κ3) is 4.86. The molecule has 184 valence electrons. The molecule has 0 bridgehead atoms. The zero-order valence-electron chi connectivity index (χ0n) is 19.8. The van der Waals surface area contributed by atoms with Gasteiger partial charge in [-0.3, -0.25) is 0 Å². The molecular weight excluding hydrogens is 469 g/mol. The minimum absolute atomic E-state index is 0.102. The molecule has 10 heteroatoms. The van der Waals surface area contributed by atoms with E-state index in [9.17, 15) is 12.8 Å². The van der Waals surface area contributed by atoms with E-state index in [1.807, 2.05) is 0 Å². The third-order valence-corrected chi connectivity index (χ3v) is 8.35. The van der Waals surface area contributed by atoms with Gasteiger partial charge in [0, 0.05) is 45.7 Å². The molecule has 5 rings (SSSR count). The highest BCUT2D eigenvalue weighted by atomic mass is 32.2. The number of nitrogens with zero attached hydrogens (tertiary/aromatic N) is 5. The smallest absolute Gasteiger partial charge is 0.243 e. The van der Waals surface area contributed by atoms with Crippen LogP contribution < -0.4 is 9.64 Å². The summed E-state index contributed by atoms with van der Waals surface area (Å²) in [6.07, 6.45) is 0.448. The second kappa shape index (κ2) is 9.52. The van der Waals surface area contributed by atoms with Gasteiger partial charge in [0.1, 0.15) is 11.6 Å². The lowest BCUT2D eigenvalue weighted by Crippen LogP contribution is -2.45. The number of hydrogen-bond donors (Lipinski definition) is 0. The molecule has 0 atom stereocenters. The van der Waals surface area contributed by atoms with Crippen molar-refractivity contribution < 1.29 is 17.5 Å². The van der Waals surface area contributed by atoms with Crippen LogP contribution >= 0.6 is 0 Å². The van der Waals surface area contributed by atoms with Crippen LogP contribution in [-0.4, -0.2) is 67.4 Å². The maximum absolute atomic E-state index is 13.8. The Kier molecular flexibility index (Phi) is 6.43. The quantitative estimate of drug-likeness (QED) is 0.536. The summed E-state index contributed by atoms with van der Waals surface area (Å²) in [7, 11) is -1.61. The first kappa shape index (κ1) is 23.7. The van der Waals surface area contributed by atoms with Crippen LogP contribution in [0, 0.1) is 12.7 Å². The van der Waals surface area contributed by atoms with E-state index in [1.165, 1.54) is 10.4 Å². The summed E-state index contributed by atoms with van der Waals surface area (Å²) in [5.74, 6) is 1.01. The number of piperazine rings is 1. The van der Waals surface area contributed by atoms with Gasteiger partial charge in [-0.2, -0.15) is 9.29 Å². The van der Waals surface area contributed by atoms with Crippen LogP contribution in [0.4, 0.5) is 10.3 Å². The Morgan fingerprint density at radius 2 is 1.71 bits per heavy atom. The molecule has 1 saturated heterocycles. The number of benzene rings is 2. The van der Waals surface area contributed by atoms with Gasteiger partial charge in [0.25, 0.3) is 0 Å². The molecule has 0 radical (unpaired) electrons. The van der Waals surface area contributed by atoms with Gasteiger partial charge in [0.15, 0.2) is 0 Å². The average molecular weight is 498 g/mol. The van der Waals surface area contributed by atoms with Crippen LogP contribution in [0.3, 0.4) is 0 Å². The predicted octanol–water partition coefficient (Wildman–Crippen LogP) is 3.22. The normalized spacial score (nSPS) is 17.3. The summed E-state index contributed by atoms with van der Waals surface area (Å²) in [4.78, 5) is 14.2. The molecule has 1 aromatic heterocycles. The van der Waals surface area contributed by atoms with Gasteiger partial charge in [0.2, 0.25) is 21.9 Å². The molecule has 8 nitrogen and oxygen atoms in total. The molecule has 2 aliphatic rings. The second-order valence-electron chi connectivity index (χ2n) is 8.96. The first-order valence-corrected chi connectivity index (χ1v) is 13.1. The SMILES string of the molecule is Cc1cc(Oc2nc(N3CCN(C)CC3)nc3c2CN(S(=O)(=O)c2ccccc2)CC3)ccc1F. The third-order valence-electron chi connectivity index (χ3n) is 6.49. The largest absolute Gasteiger partial charge is 0.438 e. The number of aromatic nitrogens is 2. The fourth-order valence-electron chi connectivity index (χ4n) is 4.32. The zero-order valence-corrected chi connectivity index (χ0v) is 20.6. The Labute approximate surface area is 205 Å². The van der Waals surface area contributed by atoms with Crippen molar-refractivity contribution in [3.8, 4) is 11.6 Å². The standard InChI is InChI=1S/C25H28FN5O3S/c1-18-16-19(8-9-22(18)26)34-24-21-17-31(35(32,33)20-6-4-3-5-7-20)11-10-23(21)27-25(28-24)30-14-12-29(2)13-15-30/h3-9,16H,10-15,17H2,1-2H3. The van der Waals surface area contributed by atoms with Crippen molar-refractivity contribution >= 4 is 16.0 Å². The molecule has 0 spiro atoms. The first-order valence-electron chi connectivity index (χ1n) is 11.6. The van der Waals surface area contributed by atoms with Crippen LogP contribution in [0.2, 0.25) is 0 Å². The van der Waals surface area contributed by atoms with Crippen LogP contribution in [0.25, 0.3) is 0 Å². The summed E-state index contributed by atoms with van der Waals surface area (Å²) in [5.41, 5.74) is 1.87. The van der Waals surface area contributed by atoms with E-state index in [2.05, 4.69) is 16.8 Å². The van der Waals surface area contributed by atoms with Crippen molar-refractivity contribution in [3.05, 3.63) is 71.2 Å². The monoisotopic (exact) mass is 497 g/mol. The van der Waals surface area contributed by atoms with E-state index in [-0.39, 0.29) is 17.3 Å². The maximum Gasteiger partial charge on any atom is 0.243 e. The Morgan fingerprint density at radius 1 is 0.971 bits per heavy atom. The van der Waals surface area contributed by atoms with Crippen molar-refractivity contribution in [1.29, 1.82) is 0 Å². The number of hydrogen-bond acceptors (Lipinski definition) is 7. The lowest BCUT2D eigenvalue weighted by Gasteiger charge is -2.34. The Balaban J connectivity index is 1.52. The first-order chi connectivity index (χ1) is 16.8. The number of anilines is 1. The summed E-state index contributed by atoms with van der Waals surface area (Å²) < 4.78 is 48.0. The van der Waals surface area contributed by atoms with Gasteiger partial charge < -0.3 is 14.5 Å². The topological polar surface area (TPSA) is 78.9 Å². The highest BCUT2D eigenvalue weighted by molar-refractivity contribution is 7.89. The van der Waals surface area contributed by atoms with E-state index in [0.717, 1.165) is 31.9 Å². The summed E-state index contributed by atoms with van der Waals surface area (Å²) in [5, 5.41) is 0. The van der Waals surface area contributed by atoms with E-state index >= 15 is 0 Å². The van der Waals surface area contributed by atoms with Gasteiger partial charge in [-0.25, -0.2) is 17.8 Å². The van der Waals surface area contributed by atoms with Crippen LogP contribution in [-0.2, 0) is 23.0 Å². The molecule has 0 saturated carbocycles. The minimum Gasteiger partial charge on any atom is -0.438 e. The lowest BCUT2D eigenvalue weighted by molar-refractivity contribution is 0.310. The van der Waals surface area contributed by atoms with Crippen LogP contribution in [0.15, 0.2) is 53.4 Å². The van der Waals surface area contributed by atoms with Crippen LogP contribution in [0.5, 0.6) is 11.6 Å². The molecule has 35 heavy (non-hydrogen) atoms. The van der Waals surface area contributed by atoms with Gasteiger partial charge in [-0.15, -0.1) is 0 Å². The number of aryl methyl sites for hydroxylation is 1. The summed E-state index contributed by atoms with van der Waals surface area (Å²) >= 11 is 0. The highest BCUT2D eigenvalue weighted by Crippen LogP contribution is 2.34. The summed E-state index contributed by atoms with van der Waals surface area (Å²) in [6, 6.07) is 12.9.